The van der Waals surface area contributed by atoms with Crippen LogP contribution in [0.15, 0.2) is 160 Å². The number of carboxylic acid groups (broad SMARTS) is 1. The number of amidine groups is 1. The third kappa shape index (κ3) is 20.3. The Balaban J connectivity index is 0.000000154. The van der Waals surface area contributed by atoms with E-state index in [9.17, 15) is 30.1 Å². The molecular formula is C88H104N12O12. The van der Waals surface area contributed by atoms with Crippen molar-refractivity contribution in [2.24, 2.45) is 16.3 Å². The van der Waals surface area contributed by atoms with Crippen LogP contribution in [-0.4, -0.2) is 132 Å². The first kappa shape index (κ1) is 81.7. The van der Waals surface area contributed by atoms with E-state index >= 15 is 0 Å². The maximum absolute atomic E-state index is 13.5. The Labute approximate surface area is 656 Å². The molecule has 2 amide bonds. The lowest BCUT2D eigenvalue weighted by Gasteiger charge is -2.44. The lowest BCUT2D eigenvalue weighted by molar-refractivity contribution is 0.0110. The smallest absolute Gasteiger partial charge is 0.410 e. The van der Waals surface area contributed by atoms with Crippen LogP contribution in [0.25, 0.3) is 22.9 Å². The second kappa shape index (κ2) is 35.0. The highest BCUT2D eigenvalue weighted by atomic mass is 16.6. The molecule has 6 fully saturated rings. The molecule has 5 N–H and O–H groups in total. The van der Waals surface area contributed by atoms with Crippen molar-refractivity contribution >= 4 is 24.0 Å². The number of aromatic carboxylic acids is 1. The van der Waals surface area contributed by atoms with Crippen molar-refractivity contribution in [3.63, 3.8) is 0 Å². The Bertz CT molecular complexity index is 4730. The molecule has 6 saturated carbocycles. The molecule has 6 aliphatic rings. The van der Waals surface area contributed by atoms with Gasteiger partial charge in [-0.15, -0.1) is 0 Å². The van der Waals surface area contributed by atoms with Gasteiger partial charge in [0.1, 0.15) is 52.5 Å². The number of carbonyl (C=O) groups excluding carboxylic acids is 2. The predicted molar refractivity (Wildman–Crippen MR) is 422 cm³/mol. The van der Waals surface area contributed by atoms with E-state index in [1.807, 2.05) is 143 Å². The minimum absolute atomic E-state index is 0.00175. The van der Waals surface area contributed by atoms with E-state index in [4.69, 9.17) is 58.8 Å². The van der Waals surface area contributed by atoms with Gasteiger partial charge < -0.3 is 63.9 Å². The molecule has 0 bridgehead atoms. The third-order valence-electron chi connectivity index (χ3n) is 21.2. The normalized spacial score (nSPS) is 19.8. The van der Waals surface area contributed by atoms with Crippen molar-refractivity contribution in [3.05, 3.63) is 196 Å². The van der Waals surface area contributed by atoms with E-state index in [2.05, 4.69) is 87.5 Å². The largest absolute Gasteiger partial charge is 0.490 e. The highest BCUT2D eigenvalue weighted by Crippen LogP contribution is 2.52. The number of aromatic nitrogens is 4. The monoisotopic (exact) mass is 1520 g/mol. The summed E-state index contributed by atoms with van der Waals surface area (Å²) in [4.78, 5) is 50.3. The van der Waals surface area contributed by atoms with Crippen molar-refractivity contribution in [3.8, 4) is 58.4 Å². The number of carboxylic acids is 1. The zero-order chi connectivity index (χ0) is 80.3. The number of carbonyl (C=O) groups is 3. The maximum atomic E-state index is 13.5. The number of benzene rings is 6. The van der Waals surface area contributed by atoms with Crippen LogP contribution < -0.4 is 25.3 Å². The summed E-state index contributed by atoms with van der Waals surface area (Å²) in [6, 6.07) is 53.2. The molecule has 2 heterocycles. The predicted octanol–water partition coefficient (Wildman–Crippen LogP) is 17.3. The number of nitrogens with one attached hydrogen (secondary N) is 1. The molecule has 24 heteroatoms. The molecular weight excluding hydrogens is 1420 g/mol. The van der Waals surface area contributed by atoms with Gasteiger partial charge in [-0.1, -0.05) is 126 Å². The fourth-order valence-corrected chi connectivity index (χ4v) is 14.7. The topological polar surface area (TPSA) is 344 Å². The van der Waals surface area contributed by atoms with Gasteiger partial charge in [0.05, 0.1) is 46.0 Å². The van der Waals surface area contributed by atoms with E-state index in [1.165, 1.54) is 47.7 Å². The standard InChI is InChI=1S/C31H36N4O4.C26H28N4O2.C20H29N3O3.C11H11NO3/c1-20(2)37-26-13-12-22(16-23(26)18-32)27-33-28(34-39-27)31(14-9-15-31)19-35(29(36)38-30(3,4)5)25-17-24(25)21-10-7-6-8-11-21;1-17(2)31-23-10-9-19(13-20(23)15-27)24-29-25(30-32-24)26(11-6-12-26)16-28-22-14-21(22)18-7-4-3-5-8-18;1-19(2,3)26-18(24)23(13-20(10-7-11-20)17(21)22-25)16-12-15(16)14-8-5-4-6-9-14;1-7(2)15-10-4-3-8(11(13)14)5-9(10)6-12/h6-8,10-13,16,20,24-25H,9,14-15,17,19H2,1-5H3;3-5,7-10,13,17,21-22,28H,6,11-12,14,16H2,1-2H3;4-6,8-9,15-16,25H,7,10-13H2,1-3H3,(H2,21,22);3-5,7H,1-2H3,(H,13,14)/t24?,25-;21?,22-;15?,16-;/m000./s1. The van der Waals surface area contributed by atoms with E-state index in [0.29, 0.717) is 82.5 Å². The molecule has 6 aliphatic carbocycles. The molecule has 0 saturated heterocycles. The third-order valence-corrected chi connectivity index (χ3v) is 21.2. The van der Waals surface area contributed by atoms with Gasteiger partial charge in [-0.2, -0.15) is 25.8 Å². The van der Waals surface area contributed by atoms with Gasteiger partial charge in [0.15, 0.2) is 11.6 Å². The SMILES string of the molecule is CC(C)(C)OC(=O)N(CC1(C(N)=NO)CCC1)[C@H]1CC1c1ccccc1.CC(C)Oc1ccc(-c2nc(C3(CN(C(=O)OC(C)(C)C)[C@H]4CC4c4ccccc4)CCC3)no2)cc1C#N.CC(C)Oc1ccc(-c2nc(C3(CN[C@H]4CC4c4ccccc4)CCC3)no2)cc1C#N.CC(C)Oc1ccc(C(=O)O)cc1C#N. The van der Waals surface area contributed by atoms with Crippen LogP contribution in [0.2, 0.25) is 0 Å². The fraction of sp³-hybridized carbons (Fsp3) is 0.466. The fourth-order valence-electron chi connectivity index (χ4n) is 14.7. The van der Waals surface area contributed by atoms with Crippen LogP contribution in [0.5, 0.6) is 17.2 Å². The number of hydrogen-bond donors (Lipinski definition) is 4. The van der Waals surface area contributed by atoms with Gasteiger partial charge in [-0.3, -0.25) is 0 Å². The quantitative estimate of drug-likeness (QED) is 0.0189. The molecule has 6 atom stereocenters. The van der Waals surface area contributed by atoms with E-state index in [-0.39, 0.29) is 70.9 Å². The number of rotatable bonds is 24. The lowest BCUT2D eigenvalue weighted by Crippen LogP contribution is -2.53. The van der Waals surface area contributed by atoms with Crippen LogP contribution in [0.1, 0.15) is 233 Å². The van der Waals surface area contributed by atoms with E-state index in [0.717, 1.165) is 82.1 Å². The molecule has 6 aromatic carbocycles. The summed E-state index contributed by atoms with van der Waals surface area (Å²) in [7, 11) is 0. The number of nitrogens with two attached hydrogens (primary N) is 1. The van der Waals surface area contributed by atoms with Crippen molar-refractivity contribution in [1.82, 2.24) is 35.4 Å². The number of nitriles is 3. The summed E-state index contributed by atoms with van der Waals surface area (Å²) in [5.74, 6) is 4.04. The Morgan fingerprint density at radius 3 is 1.31 bits per heavy atom. The summed E-state index contributed by atoms with van der Waals surface area (Å²) < 4.78 is 39.7. The molecule has 2 aromatic heterocycles. The number of oxime groups is 1. The summed E-state index contributed by atoms with van der Waals surface area (Å²) >= 11 is 0. The van der Waals surface area contributed by atoms with Crippen molar-refractivity contribution in [2.75, 3.05) is 19.6 Å². The van der Waals surface area contributed by atoms with Crippen LogP contribution in [0.3, 0.4) is 0 Å². The molecule has 3 unspecified atom stereocenters. The Morgan fingerprint density at radius 1 is 0.554 bits per heavy atom. The molecule has 0 spiro atoms. The Morgan fingerprint density at radius 2 is 0.946 bits per heavy atom. The number of hydrogen-bond acceptors (Lipinski definition) is 20. The zero-order valence-electron chi connectivity index (χ0n) is 66.2. The van der Waals surface area contributed by atoms with Crippen LogP contribution in [-0.2, 0) is 20.3 Å². The van der Waals surface area contributed by atoms with Crippen molar-refractivity contribution < 1.29 is 57.4 Å². The van der Waals surface area contributed by atoms with Gasteiger partial charge in [-0.25, -0.2) is 14.4 Å². The summed E-state index contributed by atoms with van der Waals surface area (Å²) in [6.45, 7) is 24.4. The van der Waals surface area contributed by atoms with Crippen molar-refractivity contribution in [1.29, 1.82) is 15.8 Å². The molecule has 0 radical (unpaired) electrons. The van der Waals surface area contributed by atoms with E-state index in [1.54, 1.807) is 29.2 Å². The zero-order valence-corrected chi connectivity index (χ0v) is 66.2. The average Bonchev–Trinajstić information content (AvgIpc) is 1.57. The number of amides is 2. The van der Waals surface area contributed by atoms with Crippen LogP contribution in [0.4, 0.5) is 9.59 Å². The Hall–Kier alpha value is -11.3. The highest BCUT2D eigenvalue weighted by molar-refractivity contribution is 5.89. The van der Waals surface area contributed by atoms with Crippen LogP contribution >= 0.6 is 0 Å². The summed E-state index contributed by atoms with van der Waals surface area (Å²) in [6.07, 6.45) is 11.0. The van der Waals surface area contributed by atoms with E-state index < -0.39 is 28.0 Å². The second-order valence-corrected chi connectivity index (χ2v) is 33.1. The first-order valence-electron chi connectivity index (χ1n) is 38.9. The van der Waals surface area contributed by atoms with Gasteiger partial charge in [-0.05, 0) is 212 Å². The maximum Gasteiger partial charge on any atom is 0.410 e. The molecule has 24 nitrogen and oxygen atoms in total. The molecule has 588 valence electrons. The molecule has 8 aromatic rings. The van der Waals surface area contributed by atoms with Gasteiger partial charge in [0.2, 0.25) is 0 Å². The summed E-state index contributed by atoms with van der Waals surface area (Å²) in [5.41, 5.74) is 10.4. The van der Waals surface area contributed by atoms with Gasteiger partial charge >= 0.3 is 18.2 Å². The average molecular weight is 1520 g/mol. The Kier molecular flexibility index (Phi) is 25.5. The first-order chi connectivity index (χ1) is 53.5. The minimum Gasteiger partial charge on any atom is -0.490 e. The molecule has 0 aliphatic heterocycles. The molecule has 14 rings (SSSR count). The number of nitrogens with zero attached hydrogens (tertiary/aromatic N) is 10. The van der Waals surface area contributed by atoms with Crippen molar-refractivity contribution in [2.45, 2.75) is 236 Å². The molecule has 112 heavy (non-hydrogen) atoms. The van der Waals surface area contributed by atoms with Gasteiger partial charge in [0, 0.05) is 77.5 Å². The second-order valence-electron chi connectivity index (χ2n) is 33.1. The van der Waals surface area contributed by atoms with Crippen LogP contribution in [0, 0.1) is 39.4 Å². The summed E-state index contributed by atoms with van der Waals surface area (Å²) in [5, 5.41) is 61.6. The van der Waals surface area contributed by atoms with Gasteiger partial charge in [0.25, 0.3) is 11.8 Å². The number of ether oxygens (including phenoxy) is 5. The highest BCUT2D eigenvalue weighted by Gasteiger charge is 2.54. The first-order valence-corrected chi connectivity index (χ1v) is 38.9. The minimum atomic E-state index is -1.05. The lowest BCUT2D eigenvalue weighted by atomic mass is 9.67.